The molecule has 1 aliphatic carbocycles. The van der Waals surface area contributed by atoms with Crippen molar-refractivity contribution in [3.8, 4) is 0 Å². The van der Waals surface area contributed by atoms with E-state index in [1.165, 1.54) is 31.4 Å². The van der Waals surface area contributed by atoms with Gasteiger partial charge in [-0.3, -0.25) is 9.59 Å². The first-order valence-corrected chi connectivity index (χ1v) is 9.14. The lowest BCUT2D eigenvalue weighted by atomic mass is 9.98. The third-order valence-electron chi connectivity index (χ3n) is 4.43. The smallest absolute Gasteiger partial charge is 0.287 e. The zero-order valence-corrected chi connectivity index (χ0v) is 14.8. The van der Waals surface area contributed by atoms with Gasteiger partial charge in [0.2, 0.25) is 0 Å². The number of amides is 1. The number of fused-ring (bicyclic) bond motifs is 1. The van der Waals surface area contributed by atoms with Gasteiger partial charge in [0, 0.05) is 24.2 Å². The van der Waals surface area contributed by atoms with Crippen LogP contribution in [-0.4, -0.2) is 25.2 Å². The predicted molar refractivity (Wildman–Crippen MR) is 97.3 cm³/mol. The third-order valence-corrected chi connectivity index (χ3v) is 4.66. The molecule has 3 rings (SSSR count). The lowest BCUT2D eigenvalue weighted by Crippen LogP contribution is -2.27. The third kappa shape index (κ3) is 4.83. The number of carbonyl (C=O) groups is 1. The maximum atomic E-state index is 12.2. The van der Waals surface area contributed by atoms with Crippen molar-refractivity contribution in [2.45, 2.75) is 44.6 Å². The molecule has 0 aliphatic heterocycles. The molecule has 0 unspecified atom stereocenters. The largest absolute Gasteiger partial charge is 0.451 e. The Morgan fingerprint density at radius 1 is 1.24 bits per heavy atom. The van der Waals surface area contributed by atoms with E-state index in [4.69, 9.17) is 20.8 Å². The first-order valence-electron chi connectivity index (χ1n) is 8.77. The van der Waals surface area contributed by atoms with Gasteiger partial charge in [0.05, 0.1) is 11.5 Å². The van der Waals surface area contributed by atoms with E-state index in [2.05, 4.69) is 5.32 Å². The van der Waals surface area contributed by atoms with Gasteiger partial charge in [0.1, 0.15) is 5.58 Å². The molecule has 134 valence electrons. The highest BCUT2D eigenvalue weighted by molar-refractivity contribution is 6.31. The molecular weight excluding hydrogens is 342 g/mol. The van der Waals surface area contributed by atoms with E-state index in [1.54, 1.807) is 12.1 Å². The van der Waals surface area contributed by atoms with Crippen LogP contribution < -0.4 is 10.7 Å². The van der Waals surface area contributed by atoms with Crippen LogP contribution in [0, 0.1) is 0 Å². The van der Waals surface area contributed by atoms with Gasteiger partial charge < -0.3 is 14.5 Å². The molecule has 1 saturated carbocycles. The van der Waals surface area contributed by atoms with Crippen LogP contribution in [0.25, 0.3) is 11.0 Å². The van der Waals surface area contributed by atoms with Crippen molar-refractivity contribution in [3.05, 3.63) is 45.3 Å². The van der Waals surface area contributed by atoms with Crippen molar-refractivity contribution in [1.29, 1.82) is 0 Å². The Kier molecular flexibility index (Phi) is 6.10. The number of nitrogens with one attached hydrogen (secondary N) is 1. The number of ether oxygens (including phenoxy) is 1. The van der Waals surface area contributed by atoms with E-state index in [9.17, 15) is 9.59 Å². The van der Waals surface area contributed by atoms with Crippen molar-refractivity contribution >= 4 is 28.5 Å². The Balaban J connectivity index is 1.50. The molecule has 0 atom stereocenters. The van der Waals surface area contributed by atoms with Gasteiger partial charge in [-0.05, 0) is 37.5 Å². The van der Waals surface area contributed by atoms with Gasteiger partial charge in [0.15, 0.2) is 11.2 Å². The molecule has 1 fully saturated rings. The fourth-order valence-electron chi connectivity index (χ4n) is 3.08. The zero-order chi connectivity index (χ0) is 17.6. The molecule has 0 spiro atoms. The number of rotatable bonds is 6. The number of hydrogen-bond acceptors (Lipinski definition) is 4. The highest BCUT2D eigenvalue weighted by Crippen LogP contribution is 2.20. The molecule has 1 heterocycles. The van der Waals surface area contributed by atoms with Crippen molar-refractivity contribution in [2.75, 3.05) is 13.2 Å². The number of benzene rings is 1. The Morgan fingerprint density at radius 3 is 2.84 bits per heavy atom. The van der Waals surface area contributed by atoms with E-state index in [0.717, 1.165) is 19.3 Å². The van der Waals surface area contributed by atoms with Crippen LogP contribution in [0.4, 0.5) is 0 Å². The minimum absolute atomic E-state index is 0.00743. The van der Waals surface area contributed by atoms with E-state index < -0.39 is 5.91 Å². The van der Waals surface area contributed by atoms with E-state index in [1.807, 2.05) is 0 Å². The molecule has 0 bridgehead atoms. The first-order chi connectivity index (χ1) is 12.1. The predicted octanol–water partition coefficient (Wildman–Crippen LogP) is 3.92. The lowest BCUT2D eigenvalue weighted by Gasteiger charge is -2.21. The Labute approximate surface area is 151 Å². The molecule has 1 aromatic heterocycles. The highest BCUT2D eigenvalue weighted by Gasteiger charge is 2.14. The van der Waals surface area contributed by atoms with Crippen molar-refractivity contribution in [3.63, 3.8) is 0 Å². The molecular formula is C19H22ClNO4. The maximum absolute atomic E-state index is 12.2. The minimum Gasteiger partial charge on any atom is -0.451 e. The molecule has 25 heavy (non-hydrogen) atoms. The Morgan fingerprint density at radius 2 is 2.04 bits per heavy atom. The molecule has 2 aromatic rings. The molecule has 6 heteroatoms. The first kappa shape index (κ1) is 18.0. The number of hydrogen-bond donors (Lipinski definition) is 1. The summed E-state index contributed by atoms with van der Waals surface area (Å²) >= 11 is 5.88. The van der Waals surface area contributed by atoms with Crippen molar-refractivity contribution in [2.24, 2.45) is 0 Å². The van der Waals surface area contributed by atoms with Crippen LogP contribution in [0.3, 0.4) is 0 Å². The normalized spacial score (nSPS) is 15.4. The molecule has 1 aliphatic rings. The van der Waals surface area contributed by atoms with E-state index in [-0.39, 0.29) is 11.2 Å². The van der Waals surface area contributed by atoms with Crippen LogP contribution in [0.1, 0.15) is 49.1 Å². The molecule has 5 nitrogen and oxygen atoms in total. The van der Waals surface area contributed by atoms with Crippen molar-refractivity contribution in [1.82, 2.24) is 5.32 Å². The molecule has 1 aromatic carbocycles. The lowest BCUT2D eigenvalue weighted by molar-refractivity contribution is 0.0273. The van der Waals surface area contributed by atoms with Gasteiger partial charge >= 0.3 is 0 Å². The Bertz CT molecular complexity index is 796. The molecule has 0 saturated heterocycles. The minimum atomic E-state index is -0.397. The second kappa shape index (κ2) is 8.50. The van der Waals surface area contributed by atoms with Crippen LogP contribution in [0.2, 0.25) is 5.02 Å². The summed E-state index contributed by atoms with van der Waals surface area (Å²) in [5, 5.41) is 3.58. The summed E-state index contributed by atoms with van der Waals surface area (Å²) < 4.78 is 11.3. The second-order valence-electron chi connectivity index (χ2n) is 6.36. The van der Waals surface area contributed by atoms with Gasteiger partial charge in [0.25, 0.3) is 5.91 Å². The van der Waals surface area contributed by atoms with Crippen LogP contribution in [0.5, 0.6) is 0 Å². The average molecular weight is 364 g/mol. The maximum Gasteiger partial charge on any atom is 0.287 e. The zero-order valence-electron chi connectivity index (χ0n) is 14.1. The summed E-state index contributed by atoms with van der Waals surface area (Å²) in [7, 11) is 0. The molecule has 1 N–H and O–H groups in total. The van der Waals surface area contributed by atoms with Gasteiger partial charge in [-0.25, -0.2) is 0 Å². The summed E-state index contributed by atoms with van der Waals surface area (Å²) in [4.78, 5) is 24.3. The van der Waals surface area contributed by atoms with Crippen LogP contribution >= 0.6 is 11.6 Å². The Hall–Kier alpha value is -1.85. The average Bonchev–Trinajstić information content (AvgIpc) is 2.62. The summed E-state index contributed by atoms with van der Waals surface area (Å²) in [5.74, 6) is -0.389. The van der Waals surface area contributed by atoms with Crippen LogP contribution in [0.15, 0.2) is 33.5 Å². The fraction of sp³-hybridized carbons (Fsp3) is 0.474. The monoisotopic (exact) mass is 363 g/mol. The summed E-state index contributed by atoms with van der Waals surface area (Å²) in [6.07, 6.45) is 7.17. The molecule has 0 radical (unpaired) electrons. The van der Waals surface area contributed by atoms with E-state index in [0.29, 0.717) is 35.2 Å². The fourth-order valence-corrected chi connectivity index (χ4v) is 3.26. The van der Waals surface area contributed by atoms with Gasteiger partial charge in [-0.1, -0.05) is 30.9 Å². The quantitative estimate of drug-likeness (QED) is 0.790. The number of halogens is 1. The van der Waals surface area contributed by atoms with Gasteiger partial charge in [-0.2, -0.15) is 0 Å². The molecule has 1 amide bonds. The standard InChI is InChI=1S/C19H22ClNO4/c20-13-7-8-17-15(11-13)16(22)12-18(25-17)19(23)21-9-4-10-24-14-5-2-1-3-6-14/h7-8,11-12,14H,1-6,9-10H2,(H,21,23). The van der Waals surface area contributed by atoms with Crippen LogP contribution in [-0.2, 0) is 4.74 Å². The summed E-state index contributed by atoms with van der Waals surface area (Å²) in [6, 6.07) is 5.95. The number of carbonyl (C=O) groups excluding carboxylic acids is 1. The van der Waals surface area contributed by atoms with E-state index >= 15 is 0 Å². The topological polar surface area (TPSA) is 68.5 Å². The SMILES string of the molecule is O=C(NCCCOC1CCCCC1)c1cc(=O)c2cc(Cl)ccc2o1. The highest BCUT2D eigenvalue weighted by atomic mass is 35.5. The second-order valence-corrected chi connectivity index (χ2v) is 6.79. The summed E-state index contributed by atoms with van der Waals surface area (Å²) in [6.45, 7) is 1.11. The van der Waals surface area contributed by atoms with Gasteiger partial charge in [-0.15, -0.1) is 0 Å². The summed E-state index contributed by atoms with van der Waals surface area (Å²) in [5.41, 5.74) is 0.0669. The van der Waals surface area contributed by atoms with Crippen molar-refractivity contribution < 1.29 is 13.9 Å².